The van der Waals surface area contributed by atoms with E-state index in [4.69, 9.17) is 5.26 Å². The highest BCUT2D eigenvalue weighted by Crippen LogP contribution is 2.33. The number of nitrogens with one attached hydrogen (secondary N) is 2. The molecule has 1 heterocycles. The van der Waals surface area contributed by atoms with Crippen LogP contribution >= 0.6 is 11.3 Å². The highest BCUT2D eigenvalue weighted by molar-refractivity contribution is 7.14. The third kappa shape index (κ3) is 3.21. The molecule has 1 unspecified atom stereocenters. The Kier molecular flexibility index (Phi) is 4.98. The van der Waals surface area contributed by atoms with Crippen LogP contribution in [0.4, 0.5) is 9.80 Å². The minimum Gasteiger partial charge on any atom is -0.338 e. The van der Waals surface area contributed by atoms with Crippen molar-refractivity contribution in [2.24, 2.45) is 0 Å². The largest absolute Gasteiger partial charge is 0.338 e. The van der Waals surface area contributed by atoms with Gasteiger partial charge in [0.2, 0.25) is 0 Å². The van der Waals surface area contributed by atoms with Crippen molar-refractivity contribution in [2.45, 2.75) is 33.1 Å². The van der Waals surface area contributed by atoms with Crippen LogP contribution in [0.2, 0.25) is 0 Å². The number of nitriles is 1. The summed E-state index contributed by atoms with van der Waals surface area (Å²) < 4.78 is 0. The first-order valence-electron chi connectivity index (χ1n) is 5.70. The predicted molar refractivity (Wildman–Crippen MR) is 70.4 cm³/mol. The number of anilines is 1. The summed E-state index contributed by atoms with van der Waals surface area (Å²) >= 11 is 1.40. The Hall–Kier alpha value is -1.54. The molecule has 0 aromatic carbocycles. The molecular formula is C12H17N3OS. The van der Waals surface area contributed by atoms with Crippen LogP contribution in [0.15, 0.2) is 5.38 Å². The van der Waals surface area contributed by atoms with E-state index >= 15 is 0 Å². The minimum absolute atomic E-state index is 0.262. The number of carbonyl (C=O) groups excluding carboxylic acids is 1. The molecule has 1 aromatic heterocycles. The van der Waals surface area contributed by atoms with Crippen LogP contribution in [0, 0.1) is 11.3 Å². The fourth-order valence-electron chi connectivity index (χ4n) is 1.47. The monoisotopic (exact) mass is 251 g/mol. The third-order valence-electron chi connectivity index (χ3n) is 2.64. The molecule has 0 aliphatic heterocycles. The molecule has 1 rings (SSSR count). The lowest BCUT2D eigenvalue weighted by atomic mass is 9.98. The van der Waals surface area contributed by atoms with Gasteiger partial charge in [-0.1, -0.05) is 13.8 Å². The van der Waals surface area contributed by atoms with Gasteiger partial charge in [-0.25, -0.2) is 4.79 Å². The van der Waals surface area contributed by atoms with Gasteiger partial charge in [0.25, 0.3) is 0 Å². The summed E-state index contributed by atoms with van der Waals surface area (Å²) in [6.45, 7) is 6.58. The van der Waals surface area contributed by atoms with Gasteiger partial charge in [-0.05, 0) is 30.2 Å². The summed E-state index contributed by atoms with van der Waals surface area (Å²) in [5, 5.41) is 17.1. The Morgan fingerprint density at radius 3 is 2.82 bits per heavy atom. The van der Waals surface area contributed by atoms with E-state index in [2.05, 4.69) is 30.6 Å². The second-order valence-electron chi connectivity index (χ2n) is 3.80. The van der Waals surface area contributed by atoms with Gasteiger partial charge < -0.3 is 5.32 Å². The van der Waals surface area contributed by atoms with Gasteiger partial charge in [0.05, 0.1) is 5.56 Å². The van der Waals surface area contributed by atoms with Crippen LogP contribution in [-0.2, 0) is 0 Å². The smallest absolute Gasteiger partial charge is 0.319 e. The quantitative estimate of drug-likeness (QED) is 0.862. The zero-order chi connectivity index (χ0) is 12.8. The first-order valence-corrected chi connectivity index (χ1v) is 6.58. The number of urea groups is 1. The number of rotatable bonds is 4. The topological polar surface area (TPSA) is 64.9 Å². The normalized spacial score (nSPS) is 11.6. The molecular weight excluding hydrogens is 234 g/mol. The number of hydrogen-bond donors (Lipinski definition) is 2. The highest BCUT2D eigenvalue weighted by atomic mass is 32.1. The number of thiophene rings is 1. The molecule has 0 saturated carbocycles. The van der Waals surface area contributed by atoms with Gasteiger partial charge in [-0.2, -0.15) is 5.26 Å². The number of hydrogen-bond acceptors (Lipinski definition) is 3. The summed E-state index contributed by atoms with van der Waals surface area (Å²) in [4.78, 5) is 11.4. The first kappa shape index (κ1) is 13.5. The van der Waals surface area contributed by atoms with Gasteiger partial charge in [0.15, 0.2) is 0 Å². The van der Waals surface area contributed by atoms with Crippen molar-refractivity contribution in [1.29, 1.82) is 5.26 Å². The molecule has 4 nitrogen and oxygen atoms in total. The van der Waals surface area contributed by atoms with Crippen molar-refractivity contribution in [2.75, 3.05) is 11.9 Å². The fourth-order valence-corrected chi connectivity index (χ4v) is 2.50. The SMILES string of the molecule is CCNC(=O)Nc1scc(C(C)CC)c1C#N. The first-order chi connectivity index (χ1) is 8.13. The Labute approximate surface area is 106 Å². The van der Waals surface area contributed by atoms with Gasteiger partial charge in [0.1, 0.15) is 11.1 Å². The summed E-state index contributed by atoms with van der Waals surface area (Å²) in [5.74, 6) is 0.339. The van der Waals surface area contributed by atoms with E-state index in [9.17, 15) is 4.79 Å². The van der Waals surface area contributed by atoms with Crippen molar-refractivity contribution in [3.8, 4) is 6.07 Å². The van der Waals surface area contributed by atoms with Gasteiger partial charge in [0, 0.05) is 6.54 Å². The van der Waals surface area contributed by atoms with Crippen LogP contribution in [-0.4, -0.2) is 12.6 Å². The molecule has 5 heteroatoms. The maximum absolute atomic E-state index is 11.4. The molecule has 0 fully saturated rings. The number of carbonyl (C=O) groups is 1. The van der Waals surface area contributed by atoms with Crippen molar-refractivity contribution in [1.82, 2.24) is 5.32 Å². The Balaban J connectivity index is 2.91. The number of nitrogens with zero attached hydrogens (tertiary/aromatic N) is 1. The predicted octanol–water partition coefficient (Wildman–Crippen LogP) is 3.27. The maximum Gasteiger partial charge on any atom is 0.319 e. The van der Waals surface area contributed by atoms with Gasteiger partial charge in [-0.3, -0.25) is 5.32 Å². The van der Waals surface area contributed by atoms with Gasteiger partial charge >= 0.3 is 6.03 Å². The van der Waals surface area contributed by atoms with Crippen molar-refractivity contribution >= 4 is 22.4 Å². The molecule has 1 aromatic rings. The van der Waals surface area contributed by atoms with Crippen LogP contribution in [0.25, 0.3) is 0 Å². The molecule has 0 radical (unpaired) electrons. The lowest BCUT2D eigenvalue weighted by Crippen LogP contribution is -2.28. The van der Waals surface area contributed by atoms with E-state index in [0.717, 1.165) is 12.0 Å². The fraction of sp³-hybridized carbons (Fsp3) is 0.500. The van der Waals surface area contributed by atoms with Crippen molar-refractivity contribution in [3.63, 3.8) is 0 Å². The molecule has 2 amide bonds. The average Bonchev–Trinajstić information content (AvgIpc) is 2.71. The lowest BCUT2D eigenvalue weighted by molar-refractivity contribution is 0.252. The molecule has 0 aliphatic carbocycles. The minimum atomic E-state index is -0.262. The van der Waals surface area contributed by atoms with Crippen LogP contribution < -0.4 is 10.6 Å². The molecule has 0 aliphatic rings. The third-order valence-corrected chi connectivity index (χ3v) is 3.55. The van der Waals surface area contributed by atoms with E-state index < -0.39 is 0 Å². The second kappa shape index (κ2) is 6.26. The highest BCUT2D eigenvalue weighted by Gasteiger charge is 2.16. The average molecular weight is 251 g/mol. The van der Waals surface area contributed by atoms with Gasteiger partial charge in [-0.15, -0.1) is 11.3 Å². The van der Waals surface area contributed by atoms with E-state index in [1.54, 1.807) is 0 Å². The maximum atomic E-state index is 11.4. The van der Waals surface area contributed by atoms with E-state index in [1.807, 2.05) is 12.3 Å². The van der Waals surface area contributed by atoms with Crippen LogP contribution in [0.5, 0.6) is 0 Å². The summed E-state index contributed by atoms with van der Waals surface area (Å²) in [5.41, 5.74) is 1.61. The zero-order valence-electron chi connectivity index (χ0n) is 10.3. The molecule has 92 valence electrons. The Morgan fingerprint density at radius 2 is 2.29 bits per heavy atom. The molecule has 2 N–H and O–H groups in total. The van der Waals surface area contributed by atoms with E-state index in [-0.39, 0.29) is 6.03 Å². The van der Waals surface area contributed by atoms with Crippen LogP contribution in [0.1, 0.15) is 44.2 Å². The summed E-state index contributed by atoms with van der Waals surface area (Å²) in [6.07, 6.45) is 0.978. The molecule has 0 spiro atoms. The molecule has 1 atom stereocenters. The standard InChI is InChI=1S/C12H17N3OS/c1-4-8(3)10-7-17-11(9(10)6-13)15-12(16)14-5-2/h7-8H,4-5H2,1-3H3,(H2,14,15,16). The molecule has 0 saturated heterocycles. The Bertz CT molecular complexity index is 433. The summed E-state index contributed by atoms with van der Waals surface area (Å²) in [7, 11) is 0. The van der Waals surface area contributed by atoms with Crippen molar-refractivity contribution < 1.29 is 4.79 Å². The lowest BCUT2D eigenvalue weighted by Gasteiger charge is -2.07. The van der Waals surface area contributed by atoms with Crippen molar-refractivity contribution in [3.05, 3.63) is 16.5 Å². The summed E-state index contributed by atoms with van der Waals surface area (Å²) in [6, 6.07) is 1.91. The molecule has 17 heavy (non-hydrogen) atoms. The second-order valence-corrected chi connectivity index (χ2v) is 4.68. The zero-order valence-corrected chi connectivity index (χ0v) is 11.1. The van der Waals surface area contributed by atoms with Crippen LogP contribution in [0.3, 0.4) is 0 Å². The molecule has 0 bridgehead atoms. The van der Waals surface area contributed by atoms with E-state index in [0.29, 0.717) is 23.0 Å². The van der Waals surface area contributed by atoms with E-state index in [1.165, 1.54) is 11.3 Å². The number of amides is 2. The Morgan fingerprint density at radius 1 is 1.59 bits per heavy atom.